The standard InChI is InChI=1S/2C47H27N3O2/c48-28-29-11-8-14-32(25-29)41-27-42(50-47(49-41)30-12-2-1-3-13-30)40-26-31(33-17-9-19-38-35-15-4-6-21-43(35)51-45(33)38)23-24-34(40)37-18-10-20-39-36-16-5-7-22-44(36)52-46(37)39;48-28-29-9-8-12-34(23-29)41-27-42(50-47(49-41)30-10-2-1-3-11-30)38-24-31(32-18-21-45-39(25-32)36-13-4-6-15-43(36)51-45)17-20-35(38)33-19-22-46-40(26-33)37-14-5-7-16-44(37)52-46/h2*1-27H. The summed E-state index contributed by atoms with van der Waals surface area (Å²) in [5.41, 5.74) is 24.4. The summed E-state index contributed by atoms with van der Waals surface area (Å²) in [7, 11) is 0. The van der Waals surface area contributed by atoms with Crippen molar-refractivity contribution in [2.24, 2.45) is 0 Å². The van der Waals surface area contributed by atoms with Crippen LogP contribution in [-0.2, 0) is 0 Å². The second-order valence-corrected chi connectivity index (χ2v) is 25.7. The minimum absolute atomic E-state index is 0.567. The van der Waals surface area contributed by atoms with Crippen molar-refractivity contribution in [1.82, 2.24) is 19.9 Å². The number of hydrogen-bond acceptors (Lipinski definition) is 10. The Balaban J connectivity index is 0.000000143. The van der Waals surface area contributed by atoms with Crippen molar-refractivity contribution in [3.05, 3.63) is 339 Å². The van der Waals surface area contributed by atoms with E-state index in [4.69, 9.17) is 37.6 Å². The third kappa shape index (κ3) is 10.8. The third-order valence-electron chi connectivity index (χ3n) is 19.5. The molecule has 0 spiro atoms. The molecule has 0 saturated heterocycles. The van der Waals surface area contributed by atoms with Crippen molar-refractivity contribution in [3.8, 4) is 124 Å². The van der Waals surface area contributed by atoms with Crippen LogP contribution in [0.2, 0.25) is 0 Å². The number of rotatable bonds is 10. The highest BCUT2D eigenvalue weighted by molar-refractivity contribution is 6.13. The summed E-state index contributed by atoms with van der Waals surface area (Å²) in [6.07, 6.45) is 0. The Kier molecular flexibility index (Phi) is 14.7. The van der Waals surface area contributed by atoms with E-state index >= 15 is 0 Å². The molecule has 0 unspecified atom stereocenters. The van der Waals surface area contributed by atoms with Crippen LogP contribution in [-0.4, -0.2) is 19.9 Å². The molecule has 0 N–H and O–H groups in total. The molecule has 0 fully saturated rings. The summed E-state index contributed by atoms with van der Waals surface area (Å²) >= 11 is 0. The predicted octanol–water partition coefficient (Wildman–Crippen LogP) is 25.0. The average molecular weight is 1330 g/mol. The van der Waals surface area contributed by atoms with Crippen LogP contribution in [0.15, 0.2) is 345 Å². The second-order valence-electron chi connectivity index (χ2n) is 25.7. The first-order valence-corrected chi connectivity index (χ1v) is 34.2. The van der Waals surface area contributed by atoms with Gasteiger partial charge in [-0.2, -0.15) is 10.5 Å². The number of para-hydroxylation sites is 6. The van der Waals surface area contributed by atoms with Crippen LogP contribution in [0.5, 0.6) is 0 Å². The highest BCUT2D eigenvalue weighted by atomic mass is 16.3. The number of aromatic nitrogens is 4. The van der Waals surface area contributed by atoms with Gasteiger partial charge in [0, 0.05) is 87.6 Å². The fraction of sp³-hybridized carbons (Fsp3) is 0. The lowest BCUT2D eigenvalue weighted by Crippen LogP contribution is -1.98. The molecule has 0 saturated carbocycles. The molecule has 0 bridgehead atoms. The van der Waals surface area contributed by atoms with Crippen LogP contribution in [0.4, 0.5) is 0 Å². The van der Waals surface area contributed by atoms with Crippen molar-refractivity contribution >= 4 is 87.8 Å². The van der Waals surface area contributed by atoms with Gasteiger partial charge in [0.25, 0.3) is 0 Å². The molecule has 0 atom stereocenters. The maximum atomic E-state index is 9.74. The average Bonchev–Trinajstić information content (AvgIpc) is 1.70. The fourth-order valence-corrected chi connectivity index (χ4v) is 14.5. The predicted molar refractivity (Wildman–Crippen MR) is 417 cm³/mol. The summed E-state index contributed by atoms with van der Waals surface area (Å²) in [5.74, 6) is 1.20. The molecule has 14 aromatic carbocycles. The first-order chi connectivity index (χ1) is 51.4. The Hall–Kier alpha value is -14.6. The van der Waals surface area contributed by atoms with Gasteiger partial charge in [-0.25, -0.2) is 19.9 Å². The van der Waals surface area contributed by atoms with E-state index in [1.54, 1.807) is 12.1 Å². The van der Waals surface area contributed by atoms with Crippen LogP contribution in [0.25, 0.3) is 200 Å². The Bertz CT molecular complexity index is 6910. The van der Waals surface area contributed by atoms with Gasteiger partial charge in [-0.05, 0) is 130 Å². The smallest absolute Gasteiger partial charge is 0.160 e. The van der Waals surface area contributed by atoms with Gasteiger partial charge in [-0.1, -0.05) is 231 Å². The van der Waals surface area contributed by atoms with Crippen LogP contribution >= 0.6 is 0 Å². The van der Waals surface area contributed by atoms with E-state index in [0.29, 0.717) is 22.8 Å². The summed E-state index contributed by atoms with van der Waals surface area (Å²) < 4.78 is 25.4. The Morgan fingerprint density at radius 2 is 0.558 bits per heavy atom. The van der Waals surface area contributed by atoms with Crippen molar-refractivity contribution in [2.75, 3.05) is 0 Å². The zero-order valence-electron chi connectivity index (χ0n) is 55.5. The van der Waals surface area contributed by atoms with Crippen molar-refractivity contribution in [1.29, 1.82) is 10.5 Å². The molecule has 484 valence electrons. The summed E-state index contributed by atoms with van der Waals surface area (Å²) in [6, 6.07) is 115. The lowest BCUT2D eigenvalue weighted by Gasteiger charge is -2.15. The lowest BCUT2D eigenvalue weighted by atomic mass is 9.91. The molecule has 10 heteroatoms. The molecule has 0 radical (unpaired) electrons. The summed E-state index contributed by atoms with van der Waals surface area (Å²) in [5, 5.41) is 28.0. The Labute approximate surface area is 595 Å². The van der Waals surface area contributed by atoms with Crippen LogP contribution in [0, 0.1) is 22.7 Å². The van der Waals surface area contributed by atoms with Gasteiger partial charge in [0.15, 0.2) is 11.6 Å². The largest absolute Gasteiger partial charge is 0.456 e. The van der Waals surface area contributed by atoms with Gasteiger partial charge in [0.2, 0.25) is 0 Å². The van der Waals surface area contributed by atoms with Gasteiger partial charge >= 0.3 is 0 Å². The van der Waals surface area contributed by atoms with Gasteiger partial charge in [0.1, 0.15) is 44.7 Å². The first-order valence-electron chi connectivity index (χ1n) is 34.2. The van der Waals surface area contributed by atoms with E-state index in [1.165, 1.54) is 0 Å². The number of nitrogens with zero attached hydrogens (tertiary/aromatic N) is 6. The lowest BCUT2D eigenvalue weighted by molar-refractivity contribution is 0.668. The molecule has 6 heterocycles. The zero-order valence-corrected chi connectivity index (χ0v) is 55.5. The van der Waals surface area contributed by atoms with Crippen LogP contribution in [0.3, 0.4) is 0 Å². The van der Waals surface area contributed by atoms with Gasteiger partial charge < -0.3 is 17.7 Å². The van der Waals surface area contributed by atoms with E-state index in [9.17, 15) is 10.5 Å². The SMILES string of the molecule is N#Cc1cccc(-c2cc(-c3cc(-c4ccc5oc6ccccc6c5c4)ccc3-c3ccc4oc5ccccc5c4c3)nc(-c3ccccc3)n2)c1.N#Cc1cccc(-c2cc(-c3cc(-c4cccc5c4oc4ccccc45)ccc3-c3cccc4c3oc3ccccc34)nc(-c3ccccc3)n2)c1. The molecule has 10 nitrogen and oxygen atoms in total. The third-order valence-corrected chi connectivity index (χ3v) is 19.5. The molecule has 20 rings (SSSR count). The molecule has 0 aliphatic carbocycles. The summed E-state index contributed by atoms with van der Waals surface area (Å²) in [4.78, 5) is 20.6. The highest BCUT2D eigenvalue weighted by Gasteiger charge is 2.23. The monoisotopic (exact) mass is 1330 g/mol. The number of hydrogen-bond donors (Lipinski definition) is 0. The van der Waals surface area contributed by atoms with Gasteiger partial charge in [-0.3, -0.25) is 0 Å². The maximum absolute atomic E-state index is 9.74. The minimum Gasteiger partial charge on any atom is -0.456 e. The molecule has 0 aliphatic heterocycles. The molecular weight excluding hydrogens is 1280 g/mol. The normalized spacial score (nSPS) is 11.4. The van der Waals surface area contributed by atoms with Crippen LogP contribution in [0.1, 0.15) is 11.1 Å². The topological polar surface area (TPSA) is 152 Å². The highest BCUT2D eigenvalue weighted by Crippen LogP contribution is 2.46. The Morgan fingerprint density at radius 3 is 1.10 bits per heavy atom. The van der Waals surface area contributed by atoms with Gasteiger partial charge in [-0.15, -0.1) is 0 Å². The van der Waals surface area contributed by atoms with Crippen molar-refractivity contribution in [2.45, 2.75) is 0 Å². The molecule has 0 aliphatic rings. The van der Waals surface area contributed by atoms with Crippen molar-refractivity contribution < 1.29 is 17.7 Å². The molecule has 6 aromatic heterocycles. The molecule has 104 heavy (non-hydrogen) atoms. The van der Waals surface area contributed by atoms with E-state index in [1.807, 2.05) is 182 Å². The van der Waals surface area contributed by atoms with E-state index in [-0.39, 0.29) is 0 Å². The maximum Gasteiger partial charge on any atom is 0.160 e. The van der Waals surface area contributed by atoms with Gasteiger partial charge in [0.05, 0.1) is 46.0 Å². The molecular formula is C94H54N6O4. The van der Waals surface area contributed by atoms with Crippen LogP contribution < -0.4 is 0 Å². The summed E-state index contributed by atoms with van der Waals surface area (Å²) in [6.45, 7) is 0. The number of nitriles is 2. The number of furan rings is 4. The zero-order chi connectivity index (χ0) is 69.2. The van der Waals surface area contributed by atoms with E-state index < -0.39 is 0 Å². The first kappa shape index (κ1) is 60.6. The molecule has 20 aromatic rings. The number of benzene rings is 14. The van der Waals surface area contributed by atoms with Crippen molar-refractivity contribution in [3.63, 3.8) is 0 Å². The fourth-order valence-electron chi connectivity index (χ4n) is 14.5. The molecule has 0 amide bonds. The number of fused-ring (bicyclic) bond motifs is 12. The second kappa shape index (κ2) is 25.3. The quantitative estimate of drug-likeness (QED) is 0.129. The van der Waals surface area contributed by atoms with E-state index in [2.05, 4.69) is 146 Å². The Morgan fingerprint density at radius 1 is 0.202 bits per heavy atom. The van der Waals surface area contributed by atoms with E-state index in [0.717, 1.165) is 188 Å². The minimum atomic E-state index is 0.567.